The molecule has 0 saturated heterocycles. The number of nitrogens with zero attached hydrogens (tertiary/aromatic N) is 2. The van der Waals surface area contributed by atoms with E-state index in [1.165, 1.54) is 6.92 Å². The maximum Gasteiger partial charge on any atom is 0.259 e. The molecule has 1 aliphatic heterocycles. The molecule has 0 spiro atoms. The summed E-state index contributed by atoms with van der Waals surface area (Å²) in [5.41, 5.74) is 3.08. The van der Waals surface area contributed by atoms with Gasteiger partial charge in [-0.2, -0.15) is 0 Å². The van der Waals surface area contributed by atoms with Gasteiger partial charge in [0.25, 0.3) is 5.91 Å². The van der Waals surface area contributed by atoms with Crippen LogP contribution in [0.4, 0.5) is 11.4 Å². The van der Waals surface area contributed by atoms with Crippen molar-refractivity contribution in [2.45, 2.75) is 13.3 Å². The predicted molar refractivity (Wildman–Crippen MR) is 80.4 cm³/mol. The molecule has 106 valence electrons. The molecule has 0 radical (unpaired) electrons. The number of hydrogen-bond acceptors (Lipinski definition) is 3. The molecule has 0 bridgehead atoms. The van der Waals surface area contributed by atoms with E-state index in [9.17, 15) is 9.59 Å². The monoisotopic (exact) mass is 281 g/mol. The van der Waals surface area contributed by atoms with Crippen LogP contribution in [0.25, 0.3) is 0 Å². The molecular weight excluding hydrogens is 266 g/mol. The highest BCUT2D eigenvalue weighted by Crippen LogP contribution is 2.36. The van der Waals surface area contributed by atoms with Crippen molar-refractivity contribution < 1.29 is 9.59 Å². The standard InChI is InChI=1S/C16H15N3O2/c1-11(20)18-14-6-2-4-12-7-9-19(15(12)14)16(21)13-5-3-8-17-10-13/h2-6,8,10H,7,9H2,1H3,(H,18,20). The smallest absolute Gasteiger partial charge is 0.259 e. The second-order valence-corrected chi connectivity index (χ2v) is 4.94. The van der Waals surface area contributed by atoms with Gasteiger partial charge in [0, 0.05) is 25.9 Å². The van der Waals surface area contributed by atoms with Crippen LogP contribution in [0.15, 0.2) is 42.7 Å². The van der Waals surface area contributed by atoms with Gasteiger partial charge in [-0.15, -0.1) is 0 Å². The van der Waals surface area contributed by atoms with E-state index in [-0.39, 0.29) is 11.8 Å². The first-order valence-corrected chi connectivity index (χ1v) is 6.78. The normalized spacial score (nSPS) is 12.9. The van der Waals surface area contributed by atoms with Crippen LogP contribution >= 0.6 is 0 Å². The van der Waals surface area contributed by atoms with Crippen molar-refractivity contribution in [2.24, 2.45) is 0 Å². The first-order valence-electron chi connectivity index (χ1n) is 6.78. The minimum atomic E-state index is -0.149. The van der Waals surface area contributed by atoms with E-state index in [0.717, 1.165) is 17.7 Å². The van der Waals surface area contributed by atoms with Gasteiger partial charge in [-0.25, -0.2) is 0 Å². The Morgan fingerprint density at radius 1 is 1.24 bits per heavy atom. The maximum absolute atomic E-state index is 12.6. The van der Waals surface area contributed by atoms with Gasteiger partial charge in [-0.1, -0.05) is 12.1 Å². The van der Waals surface area contributed by atoms with Crippen molar-refractivity contribution in [1.29, 1.82) is 0 Å². The Morgan fingerprint density at radius 3 is 2.81 bits per heavy atom. The zero-order valence-corrected chi connectivity index (χ0v) is 11.7. The van der Waals surface area contributed by atoms with Crippen LogP contribution < -0.4 is 10.2 Å². The second-order valence-electron chi connectivity index (χ2n) is 4.94. The molecule has 5 heteroatoms. The third-order valence-corrected chi connectivity index (χ3v) is 3.46. The van der Waals surface area contributed by atoms with Gasteiger partial charge in [-0.05, 0) is 30.2 Å². The van der Waals surface area contributed by atoms with Gasteiger partial charge in [-0.3, -0.25) is 14.6 Å². The molecule has 0 aliphatic carbocycles. The Kier molecular flexibility index (Phi) is 3.39. The number of nitrogens with one attached hydrogen (secondary N) is 1. The molecule has 0 atom stereocenters. The van der Waals surface area contributed by atoms with Crippen molar-refractivity contribution in [3.05, 3.63) is 53.9 Å². The fraction of sp³-hybridized carbons (Fsp3) is 0.188. The number of amides is 2. The molecule has 0 fully saturated rings. The minimum Gasteiger partial charge on any atom is -0.325 e. The molecule has 2 heterocycles. The van der Waals surface area contributed by atoms with E-state index in [4.69, 9.17) is 0 Å². The third-order valence-electron chi connectivity index (χ3n) is 3.46. The van der Waals surface area contributed by atoms with Gasteiger partial charge >= 0.3 is 0 Å². The van der Waals surface area contributed by atoms with Crippen molar-refractivity contribution in [1.82, 2.24) is 4.98 Å². The number of benzene rings is 1. The van der Waals surface area contributed by atoms with E-state index < -0.39 is 0 Å². The topological polar surface area (TPSA) is 62.3 Å². The number of carbonyl (C=O) groups excluding carboxylic acids is 2. The number of aromatic nitrogens is 1. The maximum atomic E-state index is 12.6. The summed E-state index contributed by atoms with van der Waals surface area (Å²) >= 11 is 0. The lowest BCUT2D eigenvalue weighted by Gasteiger charge is -2.20. The summed E-state index contributed by atoms with van der Waals surface area (Å²) in [6, 6.07) is 9.17. The number of pyridine rings is 1. The van der Waals surface area contributed by atoms with E-state index in [1.807, 2.05) is 18.2 Å². The Hall–Kier alpha value is -2.69. The molecule has 1 aromatic carbocycles. The van der Waals surface area contributed by atoms with Crippen LogP contribution in [-0.2, 0) is 11.2 Å². The number of fused-ring (bicyclic) bond motifs is 1. The highest BCUT2D eigenvalue weighted by molar-refractivity contribution is 6.10. The van der Waals surface area contributed by atoms with Gasteiger partial charge in [0.2, 0.25) is 5.91 Å². The van der Waals surface area contributed by atoms with Crippen LogP contribution in [0.2, 0.25) is 0 Å². The second kappa shape index (κ2) is 5.36. The molecular formula is C16H15N3O2. The zero-order chi connectivity index (χ0) is 14.8. The number of anilines is 2. The summed E-state index contributed by atoms with van der Waals surface area (Å²) in [4.78, 5) is 29.6. The number of para-hydroxylation sites is 1. The Morgan fingerprint density at radius 2 is 2.10 bits per heavy atom. The molecule has 1 N–H and O–H groups in total. The lowest BCUT2D eigenvalue weighted by molar-refractivity contribution is -0.114. The number of carbonyl (C=O) groups is 2. The first-order chi connectivity index (χ1) is 10.2. The van der Waals surface area contributed by atoms with Crippen molar-refractivity contribution in [2.75, 3.05) is 16.8 Å². The van der Waals surface area contributed by atoms with Crippen LogP contribution in [0, 0.1) is 0 Å². The quantitative estimate of drug-likeness (QED) is 0.918. The zero-order valence-electron chi connectivity index (χ0n) is 11.7. The predicted octanol–water partition coefficient (Wildman–Crippen LogP) is 2.24. The summed E-state index contributed by atoms with van der Waals surface area (Å²) in [6.07, 6.45) is 3.98. The van der Waals surface area contributed by atoms with Crippen LogP contribution in [0.1, 0.15) is 22.8 Å². The molecule has 1 aromatic heterocycles. The summed E-state index contributed by atoms with van der Waals surface area (Å²) in [6.45, 7) is 2.07. The number of rotatable bonds is 2. The highest BCUT2D eigenvalue weighted by atomic mass is 16.2. The molecule has 0 saturated carbocycles. The van der Waals surface area contributed by atoms with Crippen molar-refractivity contribution in [3.63, 3.8) is 0 Å². The lowest BCUT2D eigenvalue weighted by atomic mass is 10.1. The Balaban J connectivity index is 1.99. The Labute approximate surface area is 122 Å². The SMILES string of the molecule is CC(=O)Nc1cccc2c1N(C(=O)c1cccnc1)CC2. The van der Waals surface area contributed by atoms with Crippen LogP contribution in [-0.4, -0.2) is 23.3 Å². The van der Waals surface area contributed by atoms with E-state index in [1.54, 1.807) is 29.4 Å². The van der Waals surface area contributed by atoms with Crippen molar-refractivity contribution >= 4 is 23.2 Å². The van der Waals surface area contributed by atoms with Gasteiger partial charge < -0.3 is 10.2 Å². The van der Waals surface area contributed by atoms with Crippen LogP contribution in [0.5, 0.6) is 0 Å². The first kappa shape index (κ1) is 13.3. The molecule has 21 heavy (non-hydrogen) atoms. The highest BCUT2D eigenvalue weighted by Gasteiger charge is 2.28. The average molecular weight is 281 g/mol. The summed E-state index contributed by atoms with van der Waals surface area (Å²) < 4.78 is 0. The van der Waals surface area contributed by atoms with Crippen LogP contribution in [0.3, 0.4) is 0 Å². The summed E-state index contributed by atoms with van der Waals surface area (Å²) in [5.74, 6) is -0.247. The summed E-state index contributed by atoms with van der Waals surface area (Å²) in [5, 5.41) is 2.79. The Bertz CT molecular complexity index is 698. The number of hydrogen-bond donors (Lipinski definition) is 1. The fourth-order valence-electron chi connectivity index (χ4n) is 2.59. The molecule has 5 nitrogen and oxygen atoms in total. The van der Waals surface area contributed by atoms with E-state index >= 15 is 0 Å². The molecule has 0 unspecified atom stereocenters. The van der Waals surface area contributed by atoms with Crippen molar-refractivity contribution in [3.8, 4) is 0 Å². The largest absolute Gasteiger partial charge is 0.325 e. The van der Waals surface area contributed by atoms with E-state index in [2.05, 4.69) is 10.3 Å². The molecule has 2 amide bonds. The minimum absolute atomic E-state index is 0.0975. The molecule has 1 aliphatic rings. The fourth-order valence-corrected chi connectivity index (χ4v) is 2.59. The lowest BCUT2D eigenvalue weighted by Crippen LogP contribution is -2.29. The van der Waals surface area contributed by atoms with Gasteiger partial charge in [0.1, 0.15) is 0 Å². The average Bonchev–Trinajstić information content (AvgIpc) is 2.92. The van der Waals surface area contributed by atoms with Gasteiger partial charge in [0.15, 0.2) is 0 Å². The third kappa shape index (κ3) is 2.50. The summed E-state index contributed by atoms with van der Waals surface area (Å²) in [7, 11) is 0. The van der Waals surface area contributed by atoms with Gasteiger partial charge in [0.05, 0.1) is 16.9 Å². The molecule has 3 rings (SSSR count). The van der Waals surface area contributed by atoms with E-state index in [0.29, 0.717) is 17.8 Å². The molecule has 2 aromatic rings.